The van der Waals surface area contributed by atoms with Crippen LogP contribution in [0.2, 0.25) is 5.02 Å². The van der Waals surface area contributed by atoms with Crippen LogP contribution >= 0.6 is 11.6 Å². The number of nitrogens with zero attached hydrogens (tertiary/aromatic N) is 2. The largest absolute Gasteiger partial charge is 0.369 e. The zero-order chi connectivity index (χ0) is 18.8. The number of hydrogen-bond acceptors (Lipinski definition) is 3. The van der Waals surface area contributed by atoms with Crippen molar-refractivity contribution in [2.45, 2.75) is 24.9 Å². The summed E-state index contributed by atoms with van der Waals surface area (Å²) in [5, 5.41) is 3.83. The first-order chi connectivity index (χ1) is 13.1. The lowest BCUT2D eigenvalue weighted by atomic mass is 10.0. The highest BCUT2D eigenvalue weighted by molar-refractivity contribution is 6.30. The first kappa shape index (κ1) is 18.3. The second-order valence-electron chi connectivity index (χ2n) is 7.24. The van der Waals surface area contributed by atoms with Crippen LogP contribution < -0.4 is 10.2 Å². The van der Waals surface area contributed by atoms with Gasteiger partial charge in [-0.3, -0.25) is 9.69 Å². The molecule has 1 N–H and O–H groups in total. The van der Waals surface area contributed by atoms with Crippen LogP contribution in [0, 0.1) is 5.82 Å². The molecule has 1 amide bonds. The van der Waals surface area contributed by atoms with Gasteiger partial charge in [-0.05, 0) is 48.7 Å². The Morgan fingerprint density at radius 2 is 1.78 bits per heavy atom. The van der Waals surface area contributed by atoms with Gasteiger partial charge in [0.2, 0.25) is 5.91 Å². The molecule has 6 heteroatoms. The number of amides is 1. The lowest BCUT2D eigenvalue weighted by Crippen LogP contribution is -2.51. The maximum absolute atomic E-state index is 13.4. The molecule has 2 aliphatic rings. The molecule has 4 nitrogen and oxygen atoms in total. The standard InChI is InChI=1S/C21H23ClFN3O/c22-16-2-1-3-19(14-16)25-10-12-26(13-11-25)20(21(27)24-18-8-9-18)15-4-6-17(23)7-5-15/h1-7,14,18,20H,8-13H2,(H,24,27). The molecule has 1 aliphatic carbocycles. The summed E-state index contributed by atoms with van der Waals surface area (Å²) in [6, 6.07) is 14.0. The quantitative estimate of drug-likeness (QED) is 0.851. The molecule has 0 aromatic heterocycles. The lowest BCUT2D eigenvalue weighted by Gasteiger charge is -2.39. The molecule has 27 heavy (non-hydrogen) atoms. The van der Waals surface area contributed by atoms with Crippen LogP contribution in [-0.4, -0.2) is 43.0 Å². The number of hydrogen-bond donors (Lipinski definition) is 1. The predicted molar refractivity (Wildman–Crippen MR) is 106 cm³/mol. The van der Waals surface area contributed by atoms with E-state index < -0.39 is 0 Å². The minimum atomic E-state index is -0.382. The maximum atomic E-state index is 13.4. The molecule has 0 radical (unpaired) electrons. The van der Waals surface area contributed by atoms with Gasteiger partial charge < -0.3 is 10.2 Å². The molecule has 2 aromatic rings. The summed E-state index contributed by atoms with van der Waals surface area (Å²) in [7, 11) is 0. The molecule has 1 unspecified atom stereocenters. The Kier molecular flexibility index (Phi) is 5.32. The van der Waals surface area contributed by atoms with Crippen LogP contribution in [0.15, 0.2) is 48.5 Å². The summed E-state index contributed by atoms with van der Waals surface area (Å²) in [6.07, 6.45) is 2.09. The van der Waals surface area contributed by atoms with Crippen molar-refractivity contribution in [1.82, 2.24) is 10.2 Å². The summed E-state index contributed by atoms with van der Waals surface area (Å²) in [5.74, 6) is -0.272. The summed E-state index contributed by atoms with van der Waals surface area (Å²) < 4.78 is 13.4. The third kappa shape index (κ3) is 4.42. The van der Waals surface area contributed by atoms with Gasteiger partial charge in [-0.2, -0.15) is 0 Å². The van der Waals surface area contributed by atoms with Gasteiger partial charge in [0.15, 0.2) is 0 Å². The lowest BCUT2D eigenvalue weighted by molar-refractivity contribution is -0.127. The van der Waals surface area contributed by atoms with E-state index in [1.807, 2.05) is 18.2 Å². The van der Waals surface area contributed by atoms with Crippen LogP contribution in [0.3, 0.4) is 0 Å². The van der Waals surface area contributed by atoms with Crippen molar-refractivity contribution in [3.8, 4) is 0 Å². The van der Waals surface area contributed by atoms with E-state index in [9.17, 15) is 9.18 Å². The van der Waals surface area contributed by atoms with Crippen molar-refractivity contribution >= 4 is 23.2 Å². The van der Waals surface area contributed by atoms with Crippen molar-refractivity contribution in [3.63, 3.8) is 0 Å². The van der Waals surface area contributed by atoms with Crippen molar-refractivity contribution in [2.24, 2.45) is 0 Å². The van der Waals surface area contributed by atoms with E-state index in [2.05, 4.69) is 21.2 Å². The fourth-order valence-electron chi connectivity index (χ4n) is 3.59. The zero-order valence-corrected chi connectivity index (χ0v) is 15.8. The average Bonchev–Trinajstić information content (AvgIpc) is 3.48. The van der Waals surface area contributed by atoms with Crippen LogP contribution in [-0.2, 0) is 4.79 Å². The smallest absolute Gasteiger partial charge is 0.242 e. The summed E-state index contributed by atoms with van der Waals surface area (Å²) in [5.41, 5.74) is 1.94. The molecule has 1 heterocycles. The summed E-state index contributed by atoms with van der Waals surface area (Å²) in [6.45, 7) is 3.14. The van der Waals surface area contributed by atoms with Crippen molar-refractivity contribution in [1.29, 1.82) is 0 Å². The minimum Gasteiger partial charge on any atom is -0.369 e. The molecule has 4 rings (SSSR count). The van der Waals surface area contributed by atoms with Crippen LogP contribution in [0.1, 0.15) is 24.4 Å². The van der Waals surface area contributed by atoms with Gasteiger partial charge in [-0.25, -0.2) is 4.39 Å². The minimum absolute atomic E-state index is 0.0142. The Morgan fingerprint density at radius 1 is 1.07 bits per heavy atom. The van der Waals surface area contributed by atoms with Gasteiger partial charge in [-0.15, -0.1) is 0 Å². The maximum Gasteiger partial charge on any atom is 0.242 e. The van der Waals surface area contributed by atoms with Crippen LogP contribution in [0.5, 0.6) is 0 Å². The van der Waals surface area contributed by atoms with Gasteiger partial charge in [0.1, 0.15) is 11.9 Å². The monoisotopic (exact) mass is 387 g/mol. The third-order valence-corrected chi connectivity index (χ3v) is 5.45. The normalized spacial score (nSPS) is 19.0. The fraction of sp³-hybridized carbons (Fsp3) is 0.381. The van der Waals surface area contributed by atoms with Gasteiger partial charge in [0.25, 0.3) is 0 Å². The first-order valence-electron chi connectivity index (χ1n) is 9.40. The molecular formula is C21H23ClFN3O. The molecule has 1 aliphatic heterocycles. The second kappa shape index (κ2) is 7.87. The van der Waals surface area contributed by atoms with Gasteiger partial charge in [0.05, 0.1) is 0 Å². The number of halogens is 2. The van der Waals surface area contributed by atoms with E-state index in [1.54, 1.807) is 12.1 Å². The van der Waals surface area contributed by atoms with Crippen molar-refractivity contribution < 1.29 is 9.18 Å². The van der Waals surface area contributed by atoms with E-state index in [4.69, 9.17) is 11.6 Å². The van der Waals surface area contributed by atoms with Crippen LogP contribution in [0.4, 0.5) is 10.1 Å². The number of anilines is 1. The molecule has 142 valence electrons. The van der Waals surface area contributed by atoms with E-state index in [0.717, 1.165) is 55.3 Å². The molecule has 1 saturated carbocycles. The average molecular weight is 388 g/mol. The molecule has 2 aromatic carbocycles. The topological polar surface area (TPSA) is 35.6 Å². The molecule has 0 spiro atoms. The molecular weight excluding hydrogens is 365 g/mol. The van der Waals surface area contributed by atoms with E-state index in [1.165, 1.54) is 12.1 Å². The van der Waals surface area contributed by atoms with E-state index >= 15 is 0 Å². The van der Waals surface area contributed by atoms with Crippen LogP contribution in [0.25, 0.3) is 0 Å². The SMILES string of the molecule is O=C(NC1CC1)C(c1ccc(F)cc1)N1CCN(c2cccc(Cl)c2)CC1. The number of benzene rings is 2. The highest BCUT2D eigenvalue weighted by Gasteiger charge is 2.33. The third-order valence-electron chi connectivity index (χ3n) is 5.21. The van der Waals surface area contributed by atoms with Gasteiger partial charge in [-0.1, -0.05) is 29.8 Å². The number of rotatable bonds is 5. The van der Waals surface area contributed by atoms with Crippen molar-refractivity contribution in [3.05, 3.63) is 64.9 Å². The Balaban J connectivity index is 1.49. The second-order valence-corrected chi connectivity index (χ2v) is 7.68. The van der Waals surface area contributed by atoms with Gasteiger partial charge in [0, 0.05) is 42.9 Å². The molecule has 1 atom stereocenters. The Bertz CT molecular complexity index is 801. The molecule has 1 saturated heterocycles. The Hall–Kier alpha value is -2.11. The molecule has 0 bridgehead atoms. The summed E-state index contributed by atoms with van der Waals surface area (Å²) in [4.78, 5) is 17.4. The van der Waals surface area contributed by atoms with E-state index in [0.29, 0.717) is 6.04 Å². The number of piperazine rings is 1. The Morgan fingerprint density at radius 3 is 2.41 bits per heavy atom. The Labute approximate surface area is 163 Å². The summed E-state index contributed by atoms with van der Waals surface area (Å²) >= 11 is 6.11. The number of nitrogens with one attached hydrogen (secondary N) is 1. The van der Waals surface area contributed by atoms with Crippen molar-refractivity contribution in [2.75, 3.05) is 31.1 Å². The number of carbonyl (C=O) groups is 1. The zero-order valence-electron chi connectivity index (χ0n) is 15.1. The van der Waals surface area contributed by atoms with Gasteiger partial charge >= 0.3 is 0 Å². The highest BCUT2D eigenvalue weighted by Crippen LogP contribution is 2.28. The predicted octanol–water partition coefficient (Wildman–Crippen LogP) is 3.62. The fourth-order valence-corrected chi connectivity index (χ4v) is 3.78. The number of carbonyl (C=O) groups excluding carboxylic acids is 1. The first-order valence-corrected chi connectivity index (χ1v) is 9.78. The molecule has 2 fully saturated rings. The highest BCUT2D eigenvalue weighted by atomic mass is 35.5. The van der Waals surface area contributed by atoms with E-state index in [-0.39, 0.29) is 17.8 Å².